The molecule has 80 valence electrons. The molecule has 4 nitrogen and oxygen atoms in total. The lowest BCUT2D eigenvalue weighted by Gasteiger charge is -2.07. The lowest BCUT2D eigenvalue weighted by atomic mass is 10.4. The first kappa shape index (κ1) is 11.5. The minimum atomic E-state index is -3.25. The average Bonchev–Trinajstić information content (AvgIpc) is 2.17. The molecule has 1 rings (SSSR count). The minimum Gasteiger partial charge on any atom is -0.368 e. The van der Waals surface area contributed by atoms with Crippen molar-refractivity contribution < 1.29 is 8.42 Å². The van der Waals surface area contributed by atoms with E-state index in [1.54, 1.807) is 6.07 Å². The predicted molar refractivity (Wildman–Crippen MR) is 59.3 cm³/mol. The van der Waals surface area contributed by atoms with Crippen LogP contribution in [0.3, 0.4) is 0 Å². The lowest BCUT2D eigenvalue weighted by Crippen LogP contribution is -2.08. The second-order valence-electron chi connectivity index (χ2n) is 3.00. The SMILES string of the molecule is C#CCCNc1ncccc1S(C)(=O)=O. The van der Waals surface area contributed by atoms with Crippen LogP contribution in [0.1, 0.15) is 6.42 Å². The molecule has 1 aromatic rings. The van der Waals surface area contributed by atoms with Gasteiger partial charge in [0.25, 0.3) is 0 Å². The van der Waals surface area contributed by atoms with Gasteiger partial charge in [0, 0.05) is 25.4 Å². The number of terminal acetylenes is 1. The van der Waals surface area contributed by atoms with Crippen molar-refractivity contribution in [1.29, 1.82) is 0 Å². The summed E-state index contributed by atoms with van der Waals surface area (Å²) in [6.07, 6.45) is 8.30. The third-order valence-corrected chi connectivity index (χ3v) is 2.86. The van der Waals surface area contributed by atoms with Crippen molar-refractivity contribution in [2.24, 2.45) is 0 Å². The normalized spacial score (nSPS) is 10.7. The van der Waals surface area contributed by atoms with Gasteiger partial charge in [0.1, 0.15) is 10.7 Å². The van der Waals surface area contributed by atoms with Crippen molar-refractivity contribution in [3.05, 3.63) is 18.3 Å². The zero-order valence-corrected chi connectivity index (χ0v) is 9.21. The molecular formula is C10H12N2O2S. The Morgan fingerprint density at radius 1 is 1.60 bits per heavy atom. The molecule has 0 aliphatic carbocycles. The van der Waals surface area contributed by atoms with Crippen LogP contribution in [0.5, 0.6) is 0 Å². The Balaban J connectivity index is 2.94. The number of sulfone groups is 1. The molecule has 0 amide bonds. The first-order valence-electron chi connectivity index (χ1n) is 4.38. The summed E-state index contributed by atoms with van der Waals surface area (Å²) < 4.78 is 22.7. The predicted octanol–water partition coefficient (Wildman–Crippen LogP) is 0.920. The summed E-state index contributed by atoms with van der Waals surface area (Å²) in [5.41, 5.74) is 0. The fraction of sp³-hybridized carbons (Fsp3) is 0.300. The minimum absolute atomic E-state index is 0.196. The van der Waals surface area contributed by atoms with E-state index in [0.29, 0.717) is 18.8 Å². The van der Waals surface area contributed by atoms with Crippen LogP contribution in [0.4, 0.5) is 5.82 Å². The van der Waals surface area contributed by atoms with Crippen molar-refractivity contribution in [1.82, 2.24) is 4.98 Å². The van der Waals surface area contributed by atoms with E-state index in [-0.39, 0.29) is 4.90 Å². The average molecular weight is 224 g/mol. The van der Waals surface area contributed by atoms with Gasteiger partial charge in [-0.25, -0.2) is 13.4 Å². The zero-order chi connectivity index (χ0) is 11.3. The van der Waals surface area contributed by atoms with E-state index >= 15 is 0 Å². The Hall–Kier alpha value is -1.54. The van der Waals surface area contributed by atoms with Gasteiger partial charge < -0.3 is 5.32 Å². The second kappa shape index (κ2) is 4.80. The summed E-state index contributed by atoms with van der Waals surface area (Å²) in [4.78, 5) is 4.15. The molecule has 0 bridgehead atoms. The molecule has 0 unspecified atom stereocenters. The number of anilines is 1. The molecule has 15 heavy (non-hydrogen) atoms. The fourth-order valence-electron chi connectivity index (χ4n) is 1.08. The van der Waals surface area contributed by atoms with Crippen LogP contribution in [-0.2, 0) is 9.84 Å². The van der Waals surface area contributed by atoms with E-state index in [2.05, 4.69) is 16.2 Å². The van der Waals surface area contributed by atoms with Gasteiger partial charge in [0.05, 0.1) is 0 Å². The van der Waals surface area contributed by atoms with E-state index < -0.39 is 9.84 Å². The van der Waals surface area contributed by atoms with Gasteiger partial charge in [-0.2, -0.15) is 0 Å². The monoisotopic (exact) mass is 224 g/mol. The third-order valence-electron chi connectivity index (χ3n) is 1.73. The van der Waals surface area contributed by atoms with Gasteiger partial charge in [-0.05, 0) is 12.1 Å². The first-order chi connectivity index (χ1) is 7.05. The molecule has 0 radical (unpaired) electrons. The van der Waals surface area contributed by atoms with Crippen LogP contribution in [0, 0.1) is 12.3 Å². The van der Waals surface area contributed by atoms with Crippen molar-refractivity contribution >= 4 is 15.7 Å². The Labute approximate surface area is 89.7 Å². The van der Waals surface area contributed by atoms with Crippen LogP contribution in [-0.4, -0.2) is 26.2 Å². The molecule has 0 spiro atoms. The number of hydrogen-bond donors (Lipinski definition) is 1. The molecule has 0 aliphatic heterocycles. The first-order valence-corrected chi connectivity index (χ1v) is 6.27. The zero-order valence-electron chi connectivity index (χ0n) is 8.40. The highest BCUT2D eigenvalue weighted by Crippen LogP contribution is 2.17. The number of rotatable bonds is 4. The Kier molecular flexibility index (Phi) is 3.69. The van der Waals surface area contributed by atoms with E-state index in [4.69, 9.17) is 6.42 Å². The molecule has 5 heteroatoms. The summed E-state index contributed by atoms with van der Waals surface area (Å²) in [7, 11) is -3.25. The largest absolute Gasteiger partial charge is 0.368 e. The van der Waals surface area contributed by atoms with Crippen LogP contribution in [0.2, 0.25) is 0 Å². The number of nitrogens with zero attached hydrogens (tertiary/aromatic N) is 1. The molecule has 1 heterocycles. The van der Waals surface area contributed by atoms with Crippen LogP contribution in [0.15, 0.2) is 23.2 Å². The topological polar surface area (TPSA) is 59.1 Å². The molecule has 1 N–H and O–H groups in total. The number of nitrogens with one attached hydrogen (secondary N) is 1. The van der Waals surface area contributed by atoms with Gasteiger partial charge in [0.15, 0.2) is 9.84 Å². The summed E-state index contributed by atoms with van der Waals surface area (Å²) >= 11 is 0. The molecule has 1 aromatic heterocycles. The molecule has 0 aliphatic rings. The van der Waals surface area contributed by atoms with Crippen molar-refractivity contribution in [2.75, 3.05) is 18.1 Å². The van der Waals surface area contributed by atoms with E-state index in [9.17, 15) is 8.42 Å². The van der Waals surface area contributed by atoms with Crippen molar-refractivity contribution in [2.45, 2.75) is 11.3 Å². The summed E-state index contributed by atoms with van der Waals surface area (Å²) in [5, 5.41) is 2.89. The highest BCUT2D eigenvalue weighted by molar-refractivity contribution is 7.90. The van der Waals surface area contributed by atoms with E-state index in [0.717, 1.165) is 6.26 Å². The van der Waals surface area contributed by atoms with Gasteiger partial charge >= 0.3 is 0 Å². The van der Waals surface area contributed by atoms with Gasteiger partial charge in [-0.15, -0.1) is 12.3 Å². The molecule has 0 atom stereocenters. The van der Waals surface area contributed by atoms with Gasteiger partial charge in [-0.3, -0.25) is 0 Å². The Bertz CT molecular complexity index is 474. The molecule has 0 aromatic carbocycles. The smallest absolute Gasteiger partial charge is 0.179 e. The third kappa shape index (κ3) is 3.26. The summed E-state index contributed by atoms with van der Waals surface area (Å²) in [5.74, 6) is 2.81. The number of aromatic nitrogens is 1. The van der Waals surface area contributed by atoms with Crippen molar-refractivity contribution in [3.8, 4) is 12.3 Å². The quantitative estimate of drug-likeness (QED) is 0.610. The summed E-state index contributed by atoms with van der Waals surface area (Å²) in [6.45, 7) is 0.510. The standard InChI is InChI=1S/C10H12N2O2S/c1-3-4-7-11-10-9(15(2,13)14)6-5-8-12-10/h1,5-6,8H,4,7H2,2H3,(H,11,12). The number of pyridine rings is 1. The molecule has 0 saturated heterocycles. The maximum atomic E-state index is 11.4. The van der Waals surface area contributed by atoms with Gasteiger partial charge in [0.2, 0.25) is 0 Å². The summed E-state index contributed by atoms with van der Waals surface area (Å²) in [6, 6.07) is 3.10. The molecule has 0 fully saturated rings. The molecule has 0 saturated carbocycles. The van der Waals surface area contributed by atoms with Gasteiger partial charge in [-0.1, -0.05) is 0 Å². The molecular weight excluding hydrogens is 212 g/mol. The van der Waals surface area contributed by atoms with E-state index in [1.165, 1.54) is 12.3 Å². The Morgan fingerprint density at radius 2 is 2.33 bits per heavy atom. The fourth-order valence-corrected chi connectivity index (χ4v) is 1.88. The van der Waals surface area contributed by atoms with Crippen LogP contribution in [0.25, 0.3) is 0 Å². The maximum Gasteiger partial charge on any atom is 0.179 e. The Morgan fingerprint density at radius 3 is 2.93 bits per heavy atom. The second-order valence-corrected chi connectivity index (χ2v) is 4.99. The van der Waals surface area contributed by atoms with Crippen LogP contribution < -0.4 is 5.32 Å². The van der Waals surface area contributed by atoms with E-state index in [1.807, 2.05) is 0 Å². The highest BCUT2D eigenvalue weighted by Gasteiger charge is 2.12. The van der Waals surface area contributed by atoms with Crippen molar-refractivity contribution in [3.63, 3.8) is 0 Å². The van der Waals surface area contributed by atoms with Crippen LogP contribution >= 0.6 is 0 Å². The lowest BCUT2D eigenvalue weighted by molar-refractivity contribution is 0.602. The number of hydrogen-bond acceptors (Lipinski definition) is 4. The highest BCUT2D eigenvalue weighted by atomic mass is 32.2. The maximum absolute atomic E-state index is 11.4.